The Morgan fingerprint density at radius 1 is 0.955 bits per heavy atom. The molecule has 11 heteroatoms. The smallest absolute Gasteiger partial charge is 0.276 e. The minimum atomic E-state index is -3.27. The molecule has 7 nitrogen and oxygen atoms in total. The van der Waals surface area contributed by atoms with Crippen LogP contribution in [0.3, 0.4) is 0 Å². The maximum absolute atomic E-state index is 15.8. The van der Waals surface area contributed by atoms with E-state index < -0.39 is 34.1 Å². The van der Waals surface area contributed by atoms with Crippen LogP contribution >= 0.6 is 0 Å². The minimum absolute atomic E-state index is 0.0184. The van der Waals surface area contributed by atoms with Crippen LogP contribution < -0.4 is 10.9 Å². The van der Waals surface area contributed by atoms with Crippen LogP contribution in [0.1, 0.15) is 93.4 Å². The molecule has 8 bridgehead atoms. The number of rotatable bonds is 1. The molecule has 0 radical (unpaired) electrons. The molecule has 1 N–H and O–H groups in total. The van der Waals surface area contributed by atoms with Crippen molar-refractivity contribution in [3.8, 4) is 0 Å². The minimum Gasteiger partial charge on any atom is -0.363 e. The van der Waals surface area contributed by atoms with E-state index in [1.807, 2.05) is 6.07 Å². The molecule has 2 saturated heterocycles. The SMILES string of the molecule is C[C@H]1Nc2ncnc3c2cc(C2CCS(=O)CC2)c(=O)n3CCCCCN2CCC(CC2)CCC(F)(F)c2cccc1c2F. The van der Waals surface area contributed by atoms with E-state index in [-0.39, 0.29) is 29.4 Å². The van der Waals surface area contributed by atoms with Crippen LogP contribution in [0, 0.1) is 11.7 Å². The van der Waals surface area contributed by atoms with Crippen LogP contribution in [0.2, 0.25) is 0 Å². The van der Waals surface area contributed by atoms with Crippen LogP contribution in [0.25, 0.3) is 11.0 Å². The van der Waals surface area contributed by atoms with E-state index in [4.69, 9.17) is 0 Å². The lowest BCUT2D eigenvalue weighted by atomic mass is 9.88. The molecule has 4 aliphatic rings. The number of hydrogen-bond donors (Lipinski definition) is 1. The van der Waals surface area contributed by atoms with Crippen molar-refractivity contribution < 1.29 is 17.4 Å². The van der Waals surface area contributed by atoms with E-state index in [9.17, 15) is 9.00 Å². The molecule has 44 heavy (non-hydrogen) atoms. The Kier molecular flexibility index (Phi) is 9.42. The second kappa shape index (κ2) is 13.3. The third kappa shape index (κ3) is 6.59. The molecule has 2 fully saturated rings. The zero-order chi connectivity index (χ0) is 30.8. The number of aromatic nitrogens is 3. The fourth-order valence-electron chi connectivity index (χ4n) is 7.17. The van der Waals surface area contributed by atoms with E-state index in [1.54, 1.807) is 11.5 Å². The molecule has 0 amide bonds. The van der Waals surface area contributed by atoms with Crippen molar-refractivity contribution in [2.45, 2.75) is 89.1 Å². The summed E-state index contributed by atoms with van der Waals surface area (Å²) in [4.78, 5) is 25.3. The van der Waals surface area contributed by atoms with Gasteiger partial charge in [0, 0.05) is 46.4 Å². The van der Waals surface area contributed by atoms with Gasteiger partial charge in [0.05, 0.1) is 17.0 Å². The van der Waals surface area contributed by atoms with Crippen LogP contribution in [0.5, 0.6) is 0 Å². The lowest BCUT2D eigenvalue weighted by molar-refractivity contribution is -0.0249. The third-order valence-electron chi connectivity index (χ3n) is 9.91. The van der Waals surface area contributed by atoms with Gasteiger partial charge in [0.25, 0.3) is 11.5 Å². The van der Waals surface area contributed by atoms with E-state index in [2.05, 4.69) is 20.2 Å². The number of nitrogens with one attached hydrogen (secondary N) is 1. The number of piperidine rings is 1. The van der Waals surface area contributed by atoms with Gasteiger partial charge in [0.1, 0.15) is 23.6 Å². The van der Waals surface area contributed by atoms with E-state index in [1.165, 1.54) is 24.5 Å². The molecule has 6 heterocycles. The van der Waals surface area contributed by atoms with E-state index in [0.29, 0.717) is 59.7 Å². The topological polar surface area (TPSA) is 80.1 Å². The predicted molar refractivity (Wildman–Crippen MR) is 168 cm³/mol. The van der Waals surface area contributed by atoms with Gasteiger partial charge in [-0.25, -0.2) is 23.1 Å². The number of hydrogen-bond acceptors (Lipinski definition) is 6. The molecule has 2 aromatic heterocycles. The molecular weight excluding hydrogens is 587 g/mol. The van der Waals surface area contributed by atoms with Gasteiger partial charge >= 0.3 is 0 Å². The fraction of sp³-hybridized carbons (Fsp3) is 0.606. The largest absolute Gasteiger partial charge is 0.363 e. The monoisotopic (exact) mass is 629 g/mol. The Labute approximate surface area is 259 Å². The van der Waals surface area contributed by atoms with Crippen LogP contribution in [-0.4, -0.2) is 54.8 Å². The lowest BCUT2D eigenvalue weighted by Crippen LogP contribution is -2.35. The number of pyridine rings is 1. The molecule has 0 spiro atoms. The van der Waals surface area contributed by atoms with Crippen molar-refractivity contribution >= 4 is 27.7 Å². The number of nitrogens with zero attached hydrogens (tertiary/aromatic N) is 4. The molecule has 3 aromatic rings. The van der Waals surface area contributed by atoms with Gasteiger partial charge in [-0.05, 0) is 89.4 Å². The average molecular weight is 630 g/mol. The number of aryl methyl sites for hydroxylation is 1. The number of benzene rings is 1. The summed E-state index contributed by atoms with van der Waals surface area (Å²) in [5.41, 5.74) is 0.654. The summed E-state index contributed by atoms with van der Waals surface area (Å²) < 4.78 is 60.6. The zero-order valence-corrected chi connectivity index (χ0v) is 26.2. The van der Waals surface area contributed by atoms with Crippen LogP contribution in [0.4, 0.5) is 19.0 Å². The first-order valence-corrected chi connectivity index (χ1v) is 17.6. The maximum Gasteiger partial charge on any atom is 0.276 e. The Morgan fingerprint density at radius 3 is 2.48 bits per heavy atom. The van der Waals surface area contributed by atoms with Gasteiger partial charge in [0.15, 0.2) is 0 Å². The summed E-state index contributed by atoms with van der Waals surface area (Å²) in [6, 6.07) is 5.39. The first-order valence-electron chi connectivity index (χ1n) is 16.1. The summed E-state index contributed by atoms with van der Waals surface area (Å²) >= 11 is 0. The van der Waals surface area contributed by atoms with Crippen molar-refractivity contribution in [3.05, 3.63) is 63.5 Å². The van der Waals surface area contributed by atoms with Crippen LogP contribution in [0.15, 0.2) is 35.4 Å². The molecule has 238 valence electrons. The lowest BCUT2D eigenvalue weighted by Gasteiger charge is -2.32. The van der Waals surface area contributed by atoms with Crippen molar-refractivity contribution in [2.75, 3.05) is 36.5 Å². The number of fused-ring (bicyclic) bond motifs is 9. The summed E-state index contributed by atoms with van der Waals surface area (Å²) in [6.07, 6.45) is 7.26. The van der Waals surface area contributed by atoms with Crippen molar-refractivity contribution in [3.63, 3.8) is 0 Å². The van der Waals surface area contributed by atoms with Gasteiger partial charge in [-0.2, -0.15) is 0 Å². The summed E-state index contributed by atoms with van der Waals surface area (Å²) in [6.45, 7) is 4.97. The number of halogens is 3. The molecule has 7 rings (SSSR count). The Balaban J connectivity index is 1.40. The summed E-state index contributed by atoms with van der Waals surface area (Å²) in [5.74, 6) is -2.43. The normalized spacial score (nSPS) is 28.3. The second-order valence-electron chi connectivity index (χ2n) is 12.8. The maximum atomic E-state index is 15.8. The summed E-state index contributed by atoms with van der Waals surface area (Å²) in [7, 11) is -0.865. The van der Waals surface area contributed by atoms with E-state index in [0.717, 1.165) is 51.7 Å². The zero-order valence-electron chi connectivity index (χ0n) is 25.4. The van der Waals surface area contributed by atoms with Gasteiger partial charge in [-0.3, -0.25) is 13.6 Å². The van der Waals surface area contributed by atoms with Gasteiger partial charge in [-0.15, -0.1) is 0 Å². The first kappa shape index (κ1) is 31.2. The molecule has 4 aliphatic heterocycles. The van der Waals surface area contributed by atoms with Crippen molar-refractivity contribution in [1.29, 1.82) is 0 Å². The van der Waals surface area contributed by atoms with Crippen molar-refractivity contribution in [1.82, 2.24) is 19.4 Å². The highest BCUT2D eigenvalue weighted by molar-refractivity contribution is 7.85. The van der Waals surface area contributed by atoms with Crippen LogP contribution in [-0.2, 0) is 23.3 Å². The third-order valence-corrected chi connectivity index (χ3v) is 11.3. The Morgan fingerprint density at radius 2 is 1.70 bits per heavy atom. The quantitative estimate of drug-likeness (QED) is 0.331. The van der Waals surface area contributed by atoms with Gasteiger partial charge in [-0.1, -0.05) is 24.6 Å². The highest BCUT2D eigenvalue weighted by Crippen LogP contribution is 2.39. The molecule has 0 aliphatic carbocycles. The summed E-state index contributed by atoms with van der Waals surface area (Å²) in [5, 5.41) is 3.89. The highest BCUT2D eigenvalue weighted by Gasteiger charge is 2.37. The van der Waals surface area contributed by atoms with Gasteiger partial charge in [0.2, 0.25) is 0 Å². The molecule has 1 atom stereocenters. The first-order chi connectivity index (χ1) is 21.2. The van der Waals surface area contributed by atoms with E-state index >= 15 is 13.2 Å². The molecular formula is C33H42F3N5O2S. The Bertz CT molecular complexity index is 1560. The number of anilines is 1. The molecule has 0 unspecified atom stereocenters. The van der Waals surface area contributed by atoms with Crippen molar-refractivity contribution in [2.24, 2.45) is 5.92 Å². The highest BCUT2D eigenvalue weighted by atomic mass is 32.2. The predicted octanol–water partition coefficient (Wildman–Crippen LogP) is 6.50. The second-order valence-corrected chi connectivity index (χ2v) is 14.5. The molecule has 1 aromatic carbocycles. The Hall–Kier alpha value is -2.79. The standard InChI is InChI=1S/C33H42F3N5O2S/c1-22-25-6-5-7-28(29(25)34)33(35,36)13-8-23-9-16-40(17-10-23)14-3-2-4-15-41-31-27(30(39-22)37-21-38-31)20-26(32(41)42)24-11-18-44(43)19-12-24/h5-7,20-24H,2-4,8-19H2,1H3,(H,37,38,39)/t22-,24?,44?/m1/s1. The number of alkyl halides is 2. The van der Waals surface area contributed by atoms with Gasteiger partial charge < -0.3 is 10.2 Å². The molecule has 0 saturated carbocycles. The fourth-order valence-corrected chi connectivity index (χ4v) is 8.47. The average Bonchev–Trinajstić information content (AvgIpc) is 3.01.